The molecule has 2 aromatic rings. The number of methoxy groups -OCH3 is 1. The molecule has 0 fully saturated rings. The fourth-order valence-electron chi connectivity index (χ4n) is 2.06. The van der Waals surface area contributed by atoms with Crippen LogP contribution in [0.5, 0.6) is 11.5 Å². The molecule has 0 saturated carbocycles. The maximum absolute atomic E-state index is 12.3. The van der Waals surface area contributed by atoms with Gasteiger partial charge in [-0.3, -0.25) is 9.59 Å². The van der Waals surface area contributed by atoms with Crippen LogP contribution in [0.15, 0.2) is 41.3 Å². The molecule has 0 saturated heterocycles. The van der Waals surface area contributed by atoms with Crippen molar-refractivity contribution in [1.29, 1.82) is 0 Å². The number of pyridine rings is 1. The minimum atomic E-state index is -2.99. The number of alkyl halides is 2. The lowest BCUT2D eigenvalue weighted by atomic mass is 10.2. The average Bonchev–Trinajstić information content (AvgIpc) is 2.65. The fraction of sp³-hybridized carbons (Fsp3) is 0.235. The number of esters is 1. The highest BCUT2D eigenvalue weighted by molar-refractivity contribution is 5.90. The van der Waals surface area contributed by atoms with E-state index in [1.165, 1.54) is 43.6 Å². The van der Waals surface area contributed by atoms with Crippen molar-refractivity contribution in [2.75, 3.05) is 13.7 Å². The quantitative estimate of drug-likeness (QED) is 0.670. The number of amides is 1. The third-order valence-corrected chi connectivity index (χ3v) is 3.31. The number of ether oxygens (including phenoxy) is 3. The maximum atomic E-state index is 12.3. The summed E-state index contributed by atoms with van der Waals surface area (Å²) < 4.78 is 38.6. The Hall–Kier alpha value is -3.43. The first-order chi connectivity index (χ1) is 12.9. The van der Waals surface area contributed by atoms with Gasteiger partial charge in [0.25, 0.3) is 11.5 Å². The second-order valence-electron chi connectivity index (χ2n) is 5.13. The van der Waals surface area contributed by atoms with E-state index in [0.717, 1.165) is 0 Å². The van der Waals surface area contributed by atoms with Gasteiger partial charge in [-0.05, 0) is 29.8 Å². The molecule has 144 valence electrons. The predicted octanol–water partition coefficient (Wildman–Crippen LogP) is 1.46. The minimum Gasteiger partial charge on any atom is -0.493 e. The minimum absolute atomic E-state index is 0.0353. The van der Waals surface area contributed by atoms with Gasteiger partial charge in [-0.15, -0.1) is 0 Å². The van der Waals surface area contributed by atoms with Crippen LogP contribution >= 0.6 is 0 Å². The van der Waals surface area contributed by atoms with Crippen molar-refractivity contribution in [3.63, 3.8) is 0 Å². The van der Waals surface area contributed by atoms with Gasteiger partial charge in [0.2, 0.25) is 0 Å². The smallest absolute Gasteiger partial charge is 0.387 e. The molecule has 10 heteroatoms. The van der Waals surface area contributed by atoms with Gasteiger partial charge in [-0.1, -0.05) is 6.07 Å². The first-order valence-corrected chi connectivity index (χ1v) is 7.64. The molecule has 27 heavy (non-hydrogen) atoms. The van der Waals surface area contributed by atoms with Crippen molar-refractivity contribution >= 4 is 11.9 Å². The molecule has 0 aliphatic heterocycles. The Bertz CT molecular complexity index is 868. The number of rotatable bonds is 8. The average molecular weight is 382 g/mol. The van der Waals surface area contributed by atoms with E-state index in [2.05, 4.69) is 15.0 Å². The van der Waals surface area contributed by atoms with Crippen molar-refractivity contribution in [2.45, 2.75) is 13.2 Å². The van der Waals surface area contributed by atoms with Gasteiger partial charge in [-0.25, -0.2) is 4.79 Å². The van der Waals surface area contributed by atoms with E-state index in [1.54, 1.807) is 0 Å². The van der Waals surface area contributed by atoms with E-state index in [-0.39, 0.29) is 23.6 Å². The van der Waals surface area contributed by atoms with Crippen LogP contribution in [0.3, 0.4) is 0 Å². The Morgan fingerprint density at radius 1 is 1.22 bits per heavy atom. The number of halogens is 2. The Morgan fingerprint density at radius 2 is 2.00 bits per heavy atom. The van der Waals surface area contributed by atoms with Crippen LogP contribution in [0.2, 0.25) is 0 Å². The zero-order valence-corrected chi connectivity index (χ0v) is 14.2. The summed E-state index contributed by atoms with van der Waals surface area (Å²) in [7, 11) is 1.29. The molecule has 0 aliphatic carbocycles. The van der Waals surface area contributed by atoms with E-state index in [0.29, 0.717) is 5.56 Å². The Morgan fingerprint density at radius 3 is 2.67 bits per heavy atom. The molecular formula is C17H16F2N2O6. The molecule has 1 amide bonds. The topological polar surface area (TPSA) is 107 Å². The van der Waals surface area contributed by atoms with E-state index >= 15 is 0 Å². The molecule has 8 nitrogen and oxygen atoms in total. The summed E-state index contributed by atoms with van der Waals surface area (Å²) in [5.74, 6) is -1.59. The fourth-order valence-corrected chi connectivity index (χ4v) is 2.06. The summed E-state index contributed by atoms with van der Waals surface area (Å²) in [5, 5.41) is 2.49. The lowest BCUT2D eigenvalue weighted by Crippen LogP contribution is -2.29. The number of nitrogens with one attached hydrogen (secondary N) is 2. The molecule has 0 spiro atoms. The van der Waals surface area contributed by atoms with Crippen LogP contribution in [0.25, 0.3) is 0 Å². The highest BCUT2D eigenvalue weighted by Gasteiger charge is 2.14. The summed E-state index contributed by atoms with van der Waals surface area (Å²) in [5.41, 5.74) is -0.293. The third-order valence-electron chi connectivity index (χ3n) is 3.31. The van der Waals surface area contributed by atoms with E-state index in [9.17, 15) is 23.2 Å². The Balaban J connectivity index is 1.87. The van der Waals surface area contributed by atoms with E-state index in [4.69, 9.17) is 9.47 Å². The van der Waals surface area contributed by atoms with Gasteiger partial charge >= 0.3 is 12.6 Å². The highest BCUT2D eigenvalue weighted by Crippen LogP contribution is 2.29. The van der Waals surface area contributed by atoms with Crippen LogP contribution in [0.4, 0.5) is 8.78 Å². The summed E-state index contributed by atoms with van der Waals surface area (Å²) in [4.78, 5) is 37.3. The van der Waals surface area contributed by atoms with Crippen molar-refractivity contribution in [2.24, 2.45) is 0 Å². The normalized spacial score (nSPS) is 10.4. The number of H-pyrrole nitrogens is 1. The van der Waals surface area contributed by atoms with Gasteiger partial charge in [-0.2, -0.15) is 8.78 Å². The van der Waals surface area contributed by atoms with E-state index < -0.39 is 30.7 Å². The molecule has 2 rings (SSSR count). The van der Waals surface area contributed by atoms with Crippen molar-refractivity contribution in [3.05, 3.63) is 58.0 Å². The summed E-state index contributed by atoms with van der Waals surface area (Å²) in [6, 6.07) is 6.90. The van der Waals surface area contributed by atoms with Crippen molar-refractivity contribution in [3.8, 4) is 11.5 Å². The Labute approximate surface area is 152 Å². The zero-order valence-electron chi connectivity index (χ0n) is 14.2. The molecule has 2 N–H and O–H groups in total. The summed E-state index contributed by atoms with van der Waals surface area (Å²) in [6.07, 6.45) is 1.36. The number of hydrogen-bond donors (Lipinski definition) is 2. The van der Waals surface area contributed by atoms with E-state index in [1.807, 2.05) is 0 Å². The predicted molar refractivity (Wildman–Crippen MR) is 88.8 cm³/mol. The molecule has 1 heterocycles. The Kier molecular flexibility index (Phi) is 6.86. The molecule has 0 radical (unpaired) electrons. The van der Waals surface area contributed by atoms with Crippen molar-refractivity contribution < 1.29 is 32.6 Å². The van der Waals surface area contributed by atoms with Crippen LogP contribution < -0.4 is 20.3 Å². The van der Waals surface area contributed by atoms with Gasteiger partial charge in [0.05, 0.1) is 7.11 Å². The molecule has 0 atom stereocenters. The molecule has 1 aromatic heterocycles. The molecule has 0 aliphatic rings. The number of benzene rings is 1. The van der Waals surface area contributed by atoms with Gasteiger partial charge in [0, 0.05) is 12.7 Å². The summed E-state index contributed by atoms with van der Waals surface area (Å²) in [6.45, 7) is -3.54. The molecule has 0 unspecified atom stereocenters. The number of carbonyl (C=O) groups excluding carboxylic acids is 2. The van der Waals surface area contributed by atoms with Gasteiger partial charge in [0.15, 0.2) is 18.1 Å². The maximum Gasteiger partial charge on any atom is 0.387 e. The second-order valence-corrected chi connectivity index (χ2v) is 5.13. The van der Waals surface area contributed by atoms with Gasteiger partial charge < -0.3 is 24.5 Å². The number of carbonyl (C=O) groups is 2. The number of aromatic amines is 1. The van der Waals surface area contributed by atoms with Crippen LogP contribution in [-0.2, 0) is 16.1 Å². The standard InChI is InChI=1S/C17H16F2N2O6/c1-25-13-7-10(4-5-12(13)27-17(18)19)8-21-14(22)9-26-16(24)11-3-2-6-20-15(11)23/h2-7,17H,8-9H2,1H3,(H,20,23)(H,21,22). The number of hydrogen-bond acceptors (Lipinski definition) is 6. The molecular weight excluding hydrogens is 366 g/mol. The lowest BCUT2D eigenvalue weighted by molar-refractivity contribution is -0.124. The second kappa shape index (κ2) is 9.32. The third kappa shape index (κ3) is 5.80. The van der Waals surface area contributed by atoms with Crippen LogP contribution in [0, 0.1) is 0 Å². The lowest BCUT2D eigenvalue weighted by Gasteiger charge is -2.12. The summed E-state index contributed by atoms with van der Waals surface area (Å²) >= 11 is 0. The largest absolute Gasteiger partial charge is 0.493 e. The monoisotopic (exact) mass is 382 g/mol. The zero-order chi connectivity index (χ0) is 19.8. The van der Waals surface area contributed by atoms with Gasteiger partial charge in [0.1, 0.15) is 5.56 Å². The molecule has 0 bridgehead atoms. The highest BCUT2D eigenvalue weighted by atomic mass is 19.3. The SMILES string of the molecule is COc1cc(CNC(=O)COC(=O)c2ccc[nH]c2=O)ccc1OC(F)F. The number of aromatic nitrogens is 1. The van der Waals surface area contributed by atoms with Crippen molar-refractivity contribution in [1.82, 2.24) is 10.3 Å². The first kappa shape index (κ1) is 19.9. The molecule has 1 aromatic carbocycles. The van der Waals surface area contributed by atoms with Crippen LogP contribution in [0.1, 0.15) is 15.9 Å². The first-order valence-electron chi connectivity index (χ1n) is 7.64. The van der Waals surface area contributed by atoms with Crippen LogP contribution in [-0.4, -0.2) is 37.2 Å².